The number of hydrogen-bond acceptors (Lipinski definition) is 3. The van der Waals surface area contributed by atoms with Crippen molar-refractivity contribution in [2.75, 3.05) is 13.2 Å². The first-order chi connectivity index (χ1) is 7.74. The summed E-state index contributed by atoms with van der Waals surface area (Å²) in [4.78, 5) is 13.7. The van der Waals surface area contributed by atoms with Crippen molar-refractivity contribution in [1.82, 2.24) is 4.90 Å². The Bertz CT molecular complexity index is 392. The highest BCUT2D eigenvalue weighted by atomic mass is 16.3. The van der Waals surface area contributed by atoms with E-state index < -0.39 is 0 Å². The van der Waals surface area contributed by atoms with Gasteiger partial charge in [-0.1, -0.05) is 12.1 Å². The van der Waals surface area contributed by atoms with Gasteiger partial charge in [-0.05, 0) is 25.0 Å². The Labute approximate surface area is 94.1 Å². The van der Waals surface area contributed by atoms with E-state index in [0.717, 1.165) is 12.8 Å². The minimum Gasteiger partial charge on any atom is -0.507 e. The number of phenolic OH excluding ortho intramolecular Hbond substituents is 1. The molecule has 1 aliphatic rings. The molecule has 0 spiro atoms. The molecule has 1 atom stereocenters. The second-order valence-corrected chi connectivity index (χ2v) is 3.99. The second kappa shape index (κ2) is 4.53. The van der Waals surface area contributed by atoms with Gasteiger partial charge in [-0.2, -0.15) is 0 Å². The lowest BCUT2D eigenvalue weighted by Crippen LogP contribution is -2.37. The largest absolute Gasteiger partial charge is 0.507 e. The molecule has 0 aromatic heterocycles. The normalized spacial score (nSPS) is 20.1. The predicted octanol–water partition coefficient (Wildman–Crippen LogP) is 0.989. The van der Waals surface area contributed by atoms with Crippen molar-refractivity contribution in [3.8, 4) is 5.75 Å². The van der Waals surface area contributed by atoms with Crippen LogP contribution in [0.15, 0.2) is 24.3 Å². The summed E-state index contributed by atoms with van der Waals surface area (Å²) in [5.41, 5.74) is 0.308. The first-order valence-corrected chi connectivity index (χ1v) is 5.44. The van der Waals surface area contributed by atoms with Crippen LogP contribution in [0.1, 0.15) is 23.2 Å². The van der Waals surface area contributed by atoms with E-state index in [2.05, 4.69) is 0 Å². The molecule has 4 nitrogen and oxygen atoms in total. The van der Waals surface area contributed by atoms with Gasteiger partial charge >= 0.3 is 0 Å². The van der Waals surface area contributed by atoms with Crippen molar-refractivity contribution < 1.29 is 15.0 Å². The summed E-state index contributed by atoms with van der Waals surface area (Å²) >= 11 is 0. The molecule has 0 aliphatic carbocycles. The lowest BCUT2D eigenvalue weighted by molar-refractivity contribution is 0.0674. The molecule has 1 heterocycles. The maximum atomic E-state index is 12.1. The SMILES string of the molecule is O=C(c1ccccc1O)N1CCC[C@@H]1CO. The lowest BCUT2D eigenvalue weighted by atomic mass is 10.1. The fraction of sp³-hybridized carbons (Fsp3) is 0.417. The van der Waals surface area contributed by atoms with Gasteiger partial charge in [0, 0.05) is 6.54 Å². The van der Waals surface area contributed by atoms with Gasteiger partial charge in [-0.15, -0.1) is 0 Å². The summed E-state index contributed by atoms with van der Waals surface area (Å²) in [5.74, 6) is -0.203. The van der Waals surface area contributed by atoms with Gasteiger partial charge in [0.25, 0.3) is 5.91 Å². The number of nitrogens with zero attached hydrogens (tertiary/aromatic N) is 1. The molecule has 16 heavy (non-hydrogen) atoms. The van der Waals surface area contributed by atoms with E-state index in [1.165, 1.54) is 6.07 Å². The fourth-order valence-electron chi connectivity index (χ4n) is 2.10. The Morgan fingerprint density at radius 3 is 2.88 bits per heavy atom. The summed E-state index contributed by atoms with van der Waals surface area (Å²) in [6.07, 6.45) is 1.74. The maximum absolute atomic E-state index is 12.1. The molecule has 0 saturated carbocycles. The molecule has 1 aromatic rings. The van der Waals surface area contributed by atoms with Crippen LogP contribution in [0.5, 0.6) is 5.75 Å². The number of para-hydroxylation sites is 1. The third-order valence-corrected chi connectivity index (χ3v) is 2.98. The van der Waals surface area contributed by atoms with E-state index in [-0.39, 0.29) is 24.3 Å². The molecular formula is C12H15NO3. The van der Waals surface area contributed by atoms with Gasteiger partial charge in [0.15, 0.2) is 0 Å². The predicted molar refractivity (Wildman–Crippen MR) is 59.3 cm³/mol. The average Bonchev–Trinajstić information content (AvgIpc) is 2.77. The number of likely N-dealkylation sites (tertiary alicyclic amines) is 1. The molecule has 1 fully saturated rings. The standard InChI is InChI=1S/C12H15NO3/c14-8-9-4-3-7-13(9)12(16)10-5-1-2-6-11(10)15/h1-2,5-6,9,14-15H,3-4,7-8H2/t9-/m1/s1. The third kappa shape index (κ3) is 1.88. The quantitative estimate of drug-likeness (QED) is 0.783. The Kier molecular flexibility index (Phi) is 3.10. The van der Waals surface area contributed by atoms with Crippen LogP contribution in [0.4, 0.5) is 0 Å². The van der Waals surface area contributed by atoms with Crippen LogP contribution in [0.2, 0.25) is 0 Å². The van der Waals surface area contributed by atoms with Gasteiger partial charge in [0.1, 0.15) is 5.75 Å². The fourth-order valence-corrected chi connectivity index (χ4v) is 2.10. The molecular weight excluding hydrogens is 206 g/mol. The number of benzene rings is 1. The van der Waals surface area contributed by atoms with Crippen LogP contribution in [0.25, 0.3) is 0 Å². The van der Waals surface area contributed by atoms with Crippen LogP contribution < -0.4 is 0 Å². The Morgan fingerprint density at radius 1 is 1.44 bits per heavy atom. The Balaban J connectivity index is 2.22. The van der Waals surface area contributed by atoms with Crippen LogP contribution in [-0.4, -0.2) is 40.2 Å². The van der Waals surface area contributed by atoms with Crippen molar-refractivity contribution >= 4 is 5.91 Å². The smallest absolute Gasteiger partial charge is 0.257 e. The Morgan fingerprint density at radius 2 is 2.19 bits per heavy atom. The number of aliphatic hydroxyl groups is 1. The zero-order valence-electron chi connectivity index (χ0n) is 8.97. The lowest BCUT2D eigenvalue weighted by Gasteiger charge is -2.23. The number of amides is 1. The first kappa shape index (κ1) is 11.0. The van der Waals surface area contributed by atoms with E-state index >= 15 is 0 Å². The topological polar surface area (TPSA) is 60.8 Å². The zero-order chi connectivity index (χ0) is 11.5. The number of aromatic hydroxyl groups is 1. The number of carbonyl (C=O) groups excluding carboxylic acids is 1. The minimum atomic E-state index is -0.199. The number of aliphatic hydroxyl groups excluding tert-OH is 1. The van der Waals surface area contributed by atoms with Crippen LogP contribution in [0.3, 0.4) is 0 Å². The molecule has 4 heteroatoms. The summed E-state index contributed by atoms with van der Waals surface area (Å²) in [6.45, 7) is 0.637. The van der Waals surface area contributed by atoms with Gasteiger partial charge < -0.3 is 15.1 Å². The van der Waals surface area contributed by atoms with Gasteiger partial charge in [-0.3, -0.25) is 4.79 Å². The van der Waals surface area contributed by atoms with E-state index in [1.807, 2.05) is 0 Å². The third-order valence-electron chi connectivity index (χ3n) is 2.98. The zero-order valence-corrected chi connectivity index (χ0v) is 8.97. The molecule has 2 rings (SSSR count). The molecule has 86 valence electrons. The minimum absolute atomic E-state index is 0.00362. The highest BCUT2D eigenvalue weighted by Crippen LogP contribution is 2.23. The van der Waals surface area contributed by atoms with Crippen molar-refractivity contribution in [1.29, 1.82) is 0 Å². The highest BCUT2D eigenvalue weighted by molar-refractivity contribution is 5.97. The van der Waals surface area contributed by atoms with Gasteiger partial charge in [0.05, 0.1) is 18.2 Å². The van der Waals surface area contributed by atoms with E-state index in [4.69, 9.17) is 5.11 Å². The number of phenols is 1. The molecule has 0 unspecified atom stereocenters. The van der Waals surface area contributed by atoms with Gasteiger partial charge in [-0.25, -0.2) is 0 Å². The summed E-state index contributed by atoms with van der Waals surface area (Å²) in [6, 6.07) is 6.39. The first-order valence-electron chi connectivity index (χ1n) is 5.44. The highest BCUT2D eigenvalue weighted by Gasteiger charge is 2.29. The van der Waals surface area contributed by atoms with E-state index in [1.54, 1.807) is 23.1 Å². The van der Waals surface area contributed by atoms with Crippen molar-refractivity contribution in [3.63, 3.8) is 0 Å². The van der Waals surface area contributed by atoms with Crippen molar-refractivity contribution in [3.05, 3.63) is 29.8 Å². The van der Waals surface area contributed by atoms with Crippen molar-refractivity contribution in [2.45, 2.75) is 18.9 Å². The number of carbonyl (C=O) groups is 1. The second-order valence-electron chi connectivity index (χ2n) is 3.99. The van der Waals surface area contributed by atoms with Crippen LogP contribution in [0, 0.1) is 0 Å². The van der Waals surface area contributed by atoms with Crippen molar-refractivity contribution in [2.24, 2.45) is 0 Å². The molecule has 1 saturated heterocycles. The molecule has 0 bridgehead atoms. The summed E-state index contributed by atoms with van der Waals surface area (Å²) in [7, 11) is 0. The molecule has 1 aliphatic heterocycles. The van der Waals surface area contributed by atoms with Crippen LogP contribution >= 0.6 is 0 Å². The molecule has 1 amide bonds. The Hall–Kier alpha value is -1.55. The molecule has 0 radical (unpaired) electrons. The van der Waals surface area contributed by atoms with Crippen LogP contribution in [-0.2, 0) is 0 Å². The van der Waals surface area contributed by atoms with E-state index in [0.29, 0.717) is 12.1 Å². The monoisotopic (exact) mass is 221 g/mol. The number of rotatable bonds is 2. The maximum Gasteiger partial charge on any atom is 0.257 e. The summed E-state index contributed by atoms with van der Waals surface area (Å²) in [5, 5.41) is 18.7. The molecule has 1 aromatic carbocycles. The van der Waals surface area contributed by atoms with Gasteiger partial charge in [0.2, 0.25) is 0 Å². The number of hydrogen-bond donors (Lipinski definition) is 2. The van der Waals surface area contributed by atoms with E-state index in [9.17, 15) is 9.90 Å². The average molecular weight is 221 g/mol. The summed E-state index contributed by atoms with van der Waals surface area (Å²) < 4.78 is 0. The molecule has 2 N–H and O–H groups in total.